The van der Waals surface area contributed by atoms with Gasteiger partial charge in [-0.2, -0.15) is 0 Å². The number of rotatable bonds is 10. The number of amides is 4. The number of hydrogen-bond donors (Lipinski definition) is 7. The molecule has 0 radical (unpaired) electrons. The van der Waals surface area contributed by atoms with Crippen LogP contribution < -0.4 is 20.6 Å². The molecule has 6 rings (SSSR count). The van der Waals surface area contributed by atoms with Crippen LogP contribution in [0.2, 0.25) is 5.02 Å². The van der Waals surface area contributed by atoms with E-state index in [-0.39, 0.29) is 46.2 Å². The minimum Gasteiger partial charge on any atom is -0.534 e. The van der Waals surface area contributed by atoms with E-state index < -0.39 is 74.2 Å². The first kappa shape index (κ1) is 40.6. The predicted molar refractivity (Wildman–Crippen MR) is 198 cm³/mol. The fraction of sp³-hybridized carbons (Fsp3) is 0.294. The number of nitrogens with one attached hydrogen (secondary N) is 2. The Labute approximate surface area is 319 Å². The lowest BCUT2D eigenvalue weighted by Gasteiger charge is -2.35. The number of nitrogens with zero attached hydrogens (tertiary/aromatic N) is 2. The third kappa shape index (κ3) is 9.20. The average Bonchev–Trinajstić information content (AvgIpc) is 3.94. The highest BCUT2D eigenvalue weighted by atomic mass is 35.5. The van der Waals surface area contributed by atoms with Crippen LogP contribution >= 0.6 is 31.9 Å². The molecule has 2 aliphatic heterocycles. The molecule has 3 aromatic carbocycles. The zero-order chi connectivity index (χ0) is 39.4. The third-order valence-electron chi connectivity index (χ3n) is 8.64. The summed E-state index contributed by atoms with van der Waals surface area (Å²) >= 11 is 6.81. The van der Waals surface area contributed by atoms with Crippen LogP contribution in [0, 0.1) is 11.7 Å². The van der Waals surface area contributed by atoms with Gasteiger partial charge >= 0.3 is 30.9 Å². The van der Waals surface area contributed by atoms with Crippen LogP contribution in [-0.2, 0) is 20.7 Å². The van der Waals surface area contributed by atoms with Crippen LogP contribution in [-0.4, -0.2) is 91.4 Å². The Balaban J connectivity index is 0.00000131. The fourth-order valence-electron chi connectivity index (χ4n) is 5.44. The summed E-state index contributed by atoms with van der Waals surface area (Å²) < 4.78 is 26.6. The van der Waals surface area contributed by atoms with E-state index in [0.717, 1.165) is 34.3 Å². The van der Waals surface area contributed by atoms with Gasteiger partial charge in [0.15, 0.2) is 19.9 Å². The van der Waals surface area contributed by atoms with Gasteiger partial charge < -0.3 is 45.0 Å². The normalized spacial score (nSPS) is 17.2. The molecule has 4 amide bonds. The molecule has 1 saturated carbocycles. The first-order valence-corrected chi connectivity index (χ1v) is 18.8. The van der Waals surface area contributed by atoms with E-state index >= 15 is 0 Å². The molecule has 3 aromatic rings. The predicted octanol–water partition coefficient (Wildman–Crippen LogP) is 3.84. The molecule has 20 heteroatoms. The molecule has 3 aliphatic rings. The number of carboxylic acids is 1. The Morgan fingerprint density at radius 2 is 1.76 bits per heavy atom. The van der Waals surface area contributed by atoms with Crippen molar-refractivity contribution in [1.29, 1.82) is 0 Å². The minimum absolute atomic E-state index is 0.0851. The number of phenols is 2. The van der Waals surface area contributed by atoms with Crippen molar-refractivity contribution in [2.45, 2.75) is 43.1 Å². The number of benzene rings is 3. The quantitative estimate of drug-likeness (QED) is 0.0510. The van der Waals surface area contributed by atoms with Crippen molar-refractivity contribution in [3.8, 4) is 17.2 Å². The number of fused-ring (bicyclic) bond motifs is 1. The zero-order valence-electron chi connectivity index (χ0n) is 28.9. The maximum atomic E-state index is 14.4. The molecule has 15 nitrogen and oxygen atoms in total. The summed E-state index contributed by atoms with van der Waals surface area (Å²) in [7, 11) is -2.27. The molecular weight excluding hydrogens is 769 g/mol. The Morgan fingerprint density at radius 1 is 1.09 bits per heavy atom. The van der Waals surface area contributed by atoms with E-state index in [1.807, 2.05) is 0 Å². The van der Waals surface area contributed by atoms with Crippen molar-refractivity contribution in [2.24, 2.45) is 5.92 Å². The number of imide groups is 1. The lowest BCUT2D eigenvalue weighted by atomic mass is 9.71. The van der Waals surface area contributed by atoms with Gasteiger partial charge in [0.1, 0.15) is 22.2 Å². The van der Waals surface area contributed by atoms with E-state index in [1.54, 1.807) is 0 Å². The molecular formula is C34H36BClFN4O11PS. The number of halogens is 2. The number of aromatic carboxylic acids is 1. The average molecular weight is 805 g/mol. The number of piperazine rings is 1. The standard InChI is InChI=1S/C30H28BClFN4O11PS.C4H8/c1-14(34-21-13-16-5-8-18(33)22(29(42)43)26(16)48-31(21)47-2)24(15-3-6-17(7-4-15)49(45)46)35-30(44)36-11-12-37(28(41)27(36)40)50-20-10-9-19(38)25(39)23(20)32;1-4-2-3-4/h3-10,21,24,34,38-39,45-46H,1,11-13H2,2H3,(H,35,44)(H,42,43);4H,2-3H2,1H3. The van der Waals surface area contributed by atoms with Gasteiger partial charge in [-0.05, 0) is 65.7 Å². The molecule has 286 valence electrons. The summed E-state index contributed by atoms with van der Waals surface area (Å²) in [5, 5.41) is 34.9. The van der Waals surface area contributed by atoms with E-state index in [2.05, 4.69) is 24.1 Å². The maximum absolute atomic E-state index is 14.4. The van der Waals surface area contributed by atoms with Gasteiger partial charge in [0, 0.05) is 24.7 Å². The van der Waals surface area contributed by atoms with Gasteiger partial charge in [0.05, 0.1) is 23.4 Å². The van der Waals surface area contributed by atoms with Crippen LogP contribution in [0.4, 0.5) is 9.18 Å². The summed E-state index contributed by atoms with van der Waals surface area (Å²) in [5.74, 6) is -5.67. The molecule has 0 spiro atoms. The summed E-state index contributed by atoms with van der Waals surface area (Å²) in [6.45, 7) is 5.98. The van der Waals surface area contributed by atoms with Gasteiger partial charge in [-0.1, -0.05) is 56.1 Å². The van der Waals surface area contributed by atoms with Crippen molar-refractivity contribution in [1.82, 2.24) is 19.8 Å². The molecule has 1 aliphatic carbocycles. The third-order valence-corrected chi connectivity index (χ3v) is 11.0. The van der Waals surface area contributed by atoms with E-state index in [0.29, 0.717) is 16.0 Å². The molecule has 2 atom stereocenters. The van der Waals surface area contributed by atoms with Crippen molar-refractivity contribution in [2.75, 3.05) is 20.2 Å². The lowest BCUT2D eigenvalue weighted by Crippen LogP contribution is -2.57. The van der Waals surface area contributed by atoms with Gasteiger partial charge in [-0.15, -0.1) is 0 Å². The minimum atomic E-state index is -2.42. The second-order valence-electron chi connectivity index (χ2n) is 12.6. The Hall–Kier alpha value is -4.58. The lowest BCUT2D eigenvalue weighted by molar-refractivity contribution is -0.149. The van der Waals surface area contributed by atoms with Crippen molar-refractivity contribution >= 4 is 68.2 Å². The van der Waals surface area contributed by atoms with Crippen LogP contribution in [0.3, 0.4) is 0 Å². The molecule has 54 heavy (non-hydrogen) atoms. The topological polar surface area (TPSA) is 218 Å². The van der Waals surface area contributed by atoms with Crippen LogP contribution in [0.15, 0.2) is 65.7 Å². The SMILES string of the molecule is C=C(NC1Cc2ccc(F)c(C(=O)O)c2OB1OC)C(NC(=O)N1CCN(Sc2ccc(O)c(O)c2Cl)C(=O)C1=O)c1ccc(P(O)O)cc1.CC1CC1. The monoisotopic (exact) mass is 804 g/mol. The zero-order valence-corrected chi connectivity index (χ0v) is 31.3. The van der Waals surface area contributed by atoms with Crippen LogP contribution in [0.5, 0.6) is 17.2 Å². The fourth-order valence-corrected chi connectivity index (χ4v) is 7.00. The van der Waals surface area contributed by atoms with Gasteiger partial charge in [-0.25, -0.2) is 14.0 Å². The van der Waals surface area contributed by atoms with Crippen LogP contribution in [0.25, 0.3) is 0 Å². The Kier molecular flexibility index (Phi) is 13.0. The number of aromatic hydroxyl groups is 2. The van der Waals surface area contributed by atoms with Crippen molar-refractivity contribution < 1.29 is 58.0 Å². The number of carbonyl (C=O) groups excluding carboxylic acids is 3. The van der Waals surface area contributed by atoms with E-state index in [4.69, 9.17) is 20.9 Å². The van der Waals surface area contributed by atoms with Crippen molar-refractivity contribution in [3.05, 3.63) is 88.3 Å². The van der Waals surface area contributed by atoms with Crippen LogP contribution in [0.1, 0.15) is 47.3 Å². The number of hydrogen-bond acceptors (Lipinski definition) is 12. The van der Waals surface area contributed by atoms with Gasteiger partial charge in [-0.3, -0.25) is 18.8 Å². The first-order valence-electron chi connectivity index (χ1n) is 16.4. The van der Waals surface area contributed by atoms with E-state index in [1.165, 1.54) is 56.3 Å². The number of phenolic OH excluding ortho intramolecular Hbond substituents is 2. The molecule has 2 unspecified atom stereocenters. The maximum Gasteiger partial charge on any atom is 0.549 e. The van der Waals surface area contributed by atoms with E-state index in [9.17, 15) is 48.7 Å². The highest BCUT2D eigenvalue weighted by molar-refractivity contribution is 7.97. The summed E-state index contributed by atoms with van der Waals surface area (Å²) in [6.07, 6.45) is 3.06. The number of carbonyl (C=O) groups is 4. The first-order chi connectivity index (χ1) is 25.6. The van der Waals surface area contributed by atoms with Gasteiger partial charge in [0.2, 0.25) is 0 Å². The molecule has 2 fully saturated rings. The largest absolute Gasteiger partial charge is 0.549 e. The molecule has 1 saturated heterocycles. The van der Waals surface area contributed by atoms with Gasteiger partial charge in [0.25, 0.3) is 0 Å². The Bertz CT molecular complexity index is 1960. The summed E-state index contributed by atoms with van der Waals surface area (Å²) in [4.78, 5) is 71.6. The second kappa shape index (κ2) is 17.3. The summed E-state index contributed by atoms with van der Waals surface area (Å²) in [5.41, 5.74) is 0.223. The smallest absolute Gasteiger partial charge is 0.534 e. The second-order valence-corrected chi connectivity index (χ2v) is 15.1. The number of urea groups is 1. The van der Waals surface area contributed by atoms with Crippen molar-refractivity contribution in [3.63, 3.8) is 0 Å². The molecule has 2 heterocycles. The highest BCUT2D eigenvalue weighted by Crippen LogP contribution is 2.41. The Morgan fingerprint density at radius 3 is 2.35 bits per heavy atom. The molecule has 0 aromatic heterocycles. The number of carboxylic acid groups (broad SMARTS) is 1. The molecule has 7 N–H and O–H groups in total. The molecule has 0 bridgehead atoms. The summed E-state index contributed by atoms with van der Waals surface area (Å²) in [6, 6.07) is 8.65. The highest BCUT2D eigenvalue weighted by Gasteiger charge is 2.42.